The summed E-state index contributed by atoms with van der Waals surface area (Å²) in [6, 6.07) is -1.62. The van der Waals surface area contributed by atoms with Crippen molar-refractivity contribution in [1.29, 1.82) is 0 Å². The van der Waals surface area contributed by atoms with Crippen molar-refractivity contribution < 1.29 is 28.2 Å². The molecule has 0 rings (SSSR count). The molecule has 13 heavy (non-hydrogen) atoms. The fourth-order valence-electron chi connectivity index (χ4n) is 0.612. The van der Waals surface area contributed by atoms with Crippen LogP contribution in [-0.2, 0) is 19.6 Å². The van der Waals surface area contributed by atoms with Gasteiger partial charge in [-0.25, -0.2) is 13.1 Å². The van der Waals surface area contributed by atoms with Crippen LogP contribution in [0.3, 0.4) is 0 Å². The van der Waals surface area contributed by atoms with Gasteiger partial charge in [0.2, 0.25) is 10.0 Å². The Balaban J connectivity index is 4.45. The van der Waals surface area contributed by atoms with E-state index in [0.29, 0.717) is 0 Å². The third-order valence-corrected chi connectivity index (χ3v) is 1.75. The summed E-state index contributed by atoms with van der Waals surface area (Å²) in [5, 5.41) is 16.6. The van der Waals surface area contributed by atoms with Gasteiger partial charge in [-0.15, -0.1) is 0 Å². The Morgan fingerprint density at radius 3 is 2.08 bits per heavy atom. The van der Waals surface area contributed by atoms with Crippen LogP contribution in [0.1, 0.15) is 6.42 Å². The van der Waals surface area contributed by atoms with Crippen LogP contribution in [0.5, 0.6) is 0 Å². The summed E-state index contributed by atoms with van der Waals surface area (Å²) in [5.74, 6) is -2.91. The van der Waals surface area contributed by atoms with E-state index in [1.807, 2.05) is 0 Å². The molecule has 0 aromatic rings. The lowest BCUT2D eigenvalue weighted by Gasteiger charge is -2.09. The van der Waals surface area contributed by atoms with E-state index < -0.39 is 34.4 Å². The van der Waals surface area contributed by atoms with Crippen LogP contribution < -0.4 is 4.72 Å². The van der Waals surface area contributed by atoms with Gasteiger partial charge in [-0.2, -0.15) is 0 Å². The first-order valence-electron chi connectivity index (χ1n) is 3.14. The maximum absolute atomic E-state index is 10.6. The molecule has 1 atom stereocenters. The molecule has 8 heteroatoms. The molecule has 0 unspecified atom stereocenters. The van der Waals surface area contributed by atoms with Gasteiger partial charge in [-0.3, -0.25) is 9.59 Å². The van der Waals surface area contributed by atoms with E-state index in [1.165, 1.54) is 0 Å². The third-order valence-electron chi connectivity index (χ3n) is 1.03. The molecular weight excluding hydrogens is 202 g/mol. The second-order valence-electron chi connectivity index (χ2n) is 2.38. The standard InChI is InChI=1S/C5H9NO6S/c1-13(11,12)6-3(5(9)10)2-4(7)8/h3,6H,2H2,1H3,(H,7,8)(H,9,10)/t3-/m0/s1. The Morgan fingerprint density at radius 1 is 1.38 bits per heavy atom. The fourth-order valence-corrected chi connectivity index (χ4v) is 1.31. The quantitative estimate of drug-likeness (QED) is 0.507. The van der Waals surface area contributed by atoms with Gasteiger partial charge in [0.15, 0.2) is 0 Å². The first-order valence-corrected chi connectivity index (χ1v) is 5.03. The van der Waals surface area contributed by atoms with Gasteiger partial charge in [0.05, 0.1) is 12.7 Å². The Kier molecular flexibility index (Phi) is 3.82. The number of hydrogen-bond acceptors (Lipinski definition) is 4. The number of carboxylic acid groups (broad SMARTS) is 2. The number of aliphatic carboxylic acids is 2. The van der Waals surface area contributed by atoms with Crippen LogP contribution in [0.15, 0.2) is 0 Å². The topological polar surface area (TPSA) is 121 Å². The number of rotatable bonds is 5. The molecule has 0 amide bonds. The van der Waals surface area contributed by atoms with E-state index in [2.05, 4.69) is 0 Å². The maximum Gasteiger partial charge on any atom is 0.322 e. The molecule has 0 aliphatic heterocycles. The van der Waals surface area contributed by atoms with E-state index in [4.69, 9.17) is 10.2 Å². The molecule has 0 aliphatic rings. The van der Waals surface area contributed by atoms with Crippen molar-refractivity contribution in [3.63, 3.8) is 0 Å². The predicted molar refractivity (Wildman–Crippen MR) is 41.7 cm³/mol. The van der Waals surface area contributed by atoms with Crippen LogP contribution in [-0.4, -0.2) is 42.9 Å². The summed E-state index contributed by atoms with van der Waals surface area (Å²) in [6.07, 6.45) is -0.0345. The Hall–Kier alpha value is -1.15. The van der Waals surface area contributed by atoms with Crippen LogP contribution in [0.4, 0.5) is 0 Å². The predicted octanol–water partition coefficient (Wildman–Crippen LogP) is -1.54. The Labute approximate surface area is 74.4 Å². The molecule has 0 aromatic carbocycles. The van der Waals surface area contributed by atoms with E-state index in [0.717, 1.165) is 6.26 Å². The van der Waals surface area contributed by atoms with Crippen LogP contribution in [0, 0.1) is 0 Å². The Morgan fingerprint density at radius 2 is 1.85 bits per heavy atom. The third kappa shape index (κ3) is 6.05. The molecule has 7 nitrogen and oxygen atoms in total. The van der Waals surface area contributed by atoms with Crippen LogP contribution >= 0.6 is 0 Å². The van der Waals surface area contributed by atoms with Gasteiger partial charge in [0.25, 0.3) is 0 Å². The van der Waals surface area contributed by atoms with Crippen molar-refractivity contribution in [2.45, 2.75) is 12.5 Å². The molecule has 76 valence electrons. The van der Waals surface area contributed by atoms with Crippen molar-refractivity contribution in [1.82, 2.24) is 4.72 Å². The number of nitrogens with one attached hydrogen (secondary N) is 1. The van der Waals surface area contributed by atoms with E-state index in [1.54, 1.807) is 4.72 Å². The van der Waals surface area contributed by atoms with Gasteiger partial charge < -0.3 is 10.2 Å². The number of hydrogen-bond donors (Lipinski definition) is 3. The zero-order valence-corrected chi connectivity index (χ0v) is 7.54. The molecule has 0 aliphatic carbocycles. The first-order chi connectivity index (χ1) is 5.72. The normalized spacial score (nSPS) is 13.6. The molecule has 0 saturated carbocycles. The molecule has 0 saturated heterocycles. The number of carboxylic acids is 2. The van der Waals surface area contributed by atoms with Crippen molar-refractivity contribution in [3.8, 4) is 0 Å². The van der Waals surface area contributed by atoms with Crippen LogP contribution in [0.25, 0.3) is 0 Å². The number of carbonyl (C=O) groups is 2. The highest BCUT2D eigenvalue weighted by atomic mass is 32.2. The zero-order valence-electron chi connectivity index (χ0n) is 6.72. The largest absolute Gasteiger partial charge is 0.481 e. The van der Waals surface area contributed by atoms with Gasteiger partial charge in [-0.1, -0.05) is 0 Å². The lowest BCUT2D eigenvalue weighted by atomic mass is 10.2. The second kappa shape index (κ2) is 4.19. The highest BCUT2D eigenvalue weighted by molar-refractivity contribution is 7.88. The van der Waals surface area contributed by atoms with Crippen molar-refractivity contribution in [2.24, 2.45) is 0 Å². The summed E-state index contributed by atoms with van der Waals surface area (Å²) in [6.45, 7) is 0. The van der Waals surface area contributed by atoms with E-state index in [-0.39, 0.29) is 0 Å². The molecule has 0 radical (unpaired) electrons. The summed E-state index contributed by atoms with van der Waals surface area (Å²) in [7, 11) is -3.71. The molecule has 0 heterocycles. The SMILES string of the molecule is CS(=O)(=O)N[C@@H](CC(=O)O)C(=O)O. The van der Waals surface area contributed by atoms with Gasteiger partial charge in [0, 0.05) is 0 Å². The Bertz CT molecular complexity index is 307. The fraction of sp³-hybridized carbons (Fsp3) is 0.600. The van der Waals surface area contributed by atoms with Gasteiger partial charge in [-0.05, 0) is 0 Å². The summed E-state index contributed by atoms with van der Waals surface area (Å²) >= 11 is 0. The van der Waals surface area contributed by atoms with E-state index >= 15 is 0 Å². The van der Waals surface area contributed by atoms with Crippen molar-refractivity contribution in [3.05, 3.63) is 0 Å². The highest BCUT2D eigenvalue weighted by Crippen LogP contribution is 1.94. The molecule has 0 spiro atoms. The highest BCUT2D eigenvalue weighted by Gasteiger charge is 2.23. The minimum Gasteiger partial charge on any atom is -0.481 e. The average Bonchev–Trinajstić information content (AvgIpc) is 1.81. The average molecular weight is 211 g/mol. The minimum absolute atomic E-state index is 0.755. The van der Waals surface area contributed by atoms with Gasteiger partial charge >= 0.3 is 11.9 Å². The number of sulfonamides is 1. The molecule has 3 N–H and O–H groups in total. The minimum atomic E-state index is -3.71. The van der Waals surface area contributed by atoms with Crippen molar-refractivity contribution >= 4 is 22.0 Å². The lowest BCUT2D eigenvalue weighted by Crippen LogP contribution is -2.41. The zero-order chi connectivity index (χ0) is 10.6. The second-order valence-corrected chi connectivity index (χ2v) is 4.16. The molecule has 0 fully saturated rings. The van der Waals surface area contributed by atoms with Crippen molar-refractivity contribution in [2.75, 3.05) is 6.26 Å². The monoisotopic (exact) mass is 211 g/mol. The summed E-state index contributed by atoms with van der Waals surface area (Å²) in [5.41, 5.74) is 0. The molecular formula is C5H9NO6S. The van der Waals surface area contributed by atoms with E-state index in [9.17, 15) is 18.0 Å². The van der Waals surface area contributed by atoms with Gasteiger partial charge in [0.1, 0.15) is 6.04 Å². The maximum atomic E-state index is 10.6. The summed E-state index contributed by atoms with van der Waals surface area (Å²) < 4.78 is 22.8. The summed E-state index contributed by atoms with van der Waals surface area (Å²) in [4.78, 5) is 20.4. The first kappa shape index (κ1) is 11.8. The lowest BCUT2D eigenvalue weighted by molar-refractivity contribution is -0.145. The molecule has 0 bridgehead atoms. The van der Waals surface area contributed by atoms with Crippen LogP contribution in [0.2, 0.25) is 0 Å². The molecule has 0 aromatic heterocycles. The smallest absolute Gasteiger partial charge is 0.322 e.